The van der Waals surface area contributed by atoms with Crippen LogP contribution in [-0.4, -0.2) is 41.7 Å². The molecule has 1 aromatic heterocycles. The lowest BCUT2D eigenvalue weighted by Crippen LogP contribution is -2.44. The number of hydrogen-bond acceptors (Lipinski definition) is 4. The van der Waals surface area contributed by atoms with E-state index in [4.69, 9.17) is 9.84 Å². The normalized spacial score (nSPS) is 16.0. The molecule has 26 heavy (non-hydrogen) atoms. The first-order chi connectivity index (χ1) is 12.5. The van der Waals surface area contributed by atoms with Crippen LogP contribution >= 0.6 is 0 Å². The Hall–Kier alpha value is -2.80. The highest BCUT2D eigenvalue weighted by Crippen LogP contribution is 2.34. The largest absolute Gasteiger partial charge is 0.477 e. The average Bonchev–Trinajstić information content (AvgIpc) is 2.67. The van der Waals surface area contributed by atoms with Crippen molar-refractivity contribution in [1.29, 1.82) is 0 Å². The summed E-state index contributed by atoms with van der Waals surface area (Å²) in [6.45, 7) is 1.48. The summed E-state index contributed by atoms with van der Waals surface area (Å²) in [4.78, 5) is 27.2. The maximum atomic E-state index is 13.3. The molecule has 0 radical (unpaired) electrons. The molecule has 6 nitrogen and oxygen atoms in total. The van der Waals surface area contributed by atoms with Crippen molar-refractivity contribution in [1.82, 2.24) is 10.3 Å². The Bertz CT molecular complexity index is 801. The Labute approximate surface area is 150 Å². The van der Waals surface area contributed by atoms with Gasteiger partial charge in [-0.05, 0) is 42.7 Å². The summed E-state index contributed by atoms with van der Waals surface area (Å²) in [5.74, 6) is -1.87. The number of benzene rings is 1. The number of amides is 1. The smallest absolute Gasteiger partial charge is 0.354 e. The molecule has 0 atom stereocenters. The van der Waals surface area contributed by atoms with Crippen molar-refractivity contribution >= 4 is 11.9 Å². The predicted molar refractivity (Wildman–Crippen MR) is 91.7 cm³/mol. The molecule has 1 amide bonds. The number of ether oxygens (including phenoxy) is 1. The minimum absolute atomic E-state index is 0.183. The number of carboxylic acid groups (broad SMARTS) is 1. The van der Waals surface area contributed by atoms with E-state index in [9.17, 15) is 14.0 Å². The van der Waals surface area contributed by atoms with Crippen LogP contribution in [0.15, 0.2) is 42.6 Å². The standard InChI is InChI=1S/C19H19FN2O4/c20-15-3-1-14(2-4-15)19(6-9-26-10-7-19)12-22-17(23)13-5-8-21-16(11-13)18(24)25/h1-5,8,11H,6-7,9-10,12H2,(H,22,23)(H,24,25). The van der Waals surface area contributed by atoms with Crippen LogP contribution in [0.2, 0.25) is 0 Å². The molecule has 1 aliphatic rings. The maximum Gasteiger partial charge on any atom is 0.354 e. The maximum absolute atomic E-state index is 13.3. The minimum Gasteiger partial charge on any atom is -0.477 e. The van der Waals surface area contributed by atoms with Gasteiger partial charge in [0.25, 0.3) is 5.91 Å². The van der Waals surface area contributed by atoms with Gasteiger partial charge in [0.1, 0.15) is 11.5 Å². The van der Waals surface area contributed by atoms with Gasteiger partial charge in [0, 0.05) is 36.9 Å². The van der Waals surface area contributed by atoms with E-state index in [1.807, 2.05) is 0 Å². The Morgan fingerprint density at radius 2 is 1.88 bits per heavy atom. The predicted octanol–water partition coefficient (Wildman–Crippen LogP) is 2.40. The molecule has 3 rings (SSSR count). The van der Waals surface area contributed by atoms with Crippen LogP contribution in [0.5, 0.6) is 0 Å². The number of pyridine rings is 1. The lowest BCUT2D eigenvalue weighted by molar-refractivity contribution is 0.0487. The number of nitrogens with one attached hydrogen (secondary N) is 1. The highest BCUT2D eigenvalue weighted by atomic mass is 19.1. The first-order valence-corrected chi connectivity index (χ1v) is 8.31. The number of halogens is 1. The monoisotopic (exact) mass is 358 g/mol. The molecule has 0 bridgehead atoms. The second-order valence-electron chi connectivity index (χ2n) is 6.32. The van der Waals surface area contributed by atoms with Crippen molar-refractivity contribution in [2.45, 2.75) is 18.3 Å². The molecule has 0 spiro atoms. The molecule has 1 aromatic carbocycles. The van der Waals surface area contributed by atoms with Gasteiger partial charge in [-0.3, -0.25) is 4.79 Å². The second-order valence-corrected chi connectivity index (χ2v) is 6.32. The molecule has 2 aromatic rings. The summed E-state index contributed by atoms with van der Waals surface area (Å²) < 4.78 is 18.7. The molecule has 2 heterocycles. The van der Waals surface area contributed by atoms with Crippen molar-refractivity contribution in [3.05, 3.63) is 65.2 Å². The van der Waals surface area contributed by atoms with Crippen molar-refractivity contribution in [3.8, 4) is 0 Å². The molecule has 1 saturated heterocycles. The highest BCUT2D eigenvalue weighted by molar-refractivity contribution is 5.96. The van der Waals surface area contributed by atoms with Gasteiger partial charge in [0.05, 0.1) is 0 Å². The van der Waals surface area contributed by atoms with Gasteiger partial charge in [-0.25, -0.2) is 14.2 Å². The molecule has 7 heteroatoms. The first-order valence-electron chi connectivity index (χ1n) is 8.31. The topological polar surface area (TPSA) is 88.5 Å². The van der Waals surface area contributed by atoms with Gasteiger partial charge >= 0.3 is 5.97 Å². The zero-order chi connectivity index (χ0) is 18.6. The molecule has 0 unspecified atom stereocenters. The lowest BCUT2D eigenvalue weighted by atomic mass is 9.74. The molecule has 0 saturated carbocycles. The van der Waals surface area contributed by atoms with E-state index in [0.717, 1.165) is 5.56 Å². The van der Waals surface area contributed by atoms with E-state index < -0.39 is 5.97 Å². The zero-order valence-corrected chi connectivity index (χ0v) is 14.1. The number of carbonyl (C=O) groups excluding carboxylic acids is 1. The number of carboxylic acids is 1. The number of hydrogen-bond donors (Lipinski definition) is 2. The average molecular weight is 358 g/mol. The SMILES string of the molecule is O=C(NCC1(c2ccc(F)cc2)CCOCC1)c1ccnc(C(=O)O)c1. The van der Waals surface area contributed by atoms with Crippen LogP contribution in [0.25, 0.3) is 0 Å². The van der Waals surface area contributed by atoms with E-state index in [-0.39, 0.29) is 28.4 Å². The molecular formula is C19H19FN2O4. The van der Waals surface area contributed by atoms with E-state index in [1.165, 1.54) is 30.5 Å². The summed E-state index contributed by atoms with van der Waals surface area (Å²) in [7, 11) is 0. The molecule has 136 valence electrons. The molecule has 1 aliphatic heterocycles. The van der Waals surface area contributed by atoms with E-state index in [2.05, 4.69) is 10.3 Å². The number of carbonyl (C=O) groups is 2. The fourth-order valence-electron chi connectivity index (χ4n) is 3.17. The highest BCUT2D eigenvalue weighted by Gasteiger charge is 2.35. The van der Waals surface area contributed by atoms with Gasteiger partial charge in [-0.1, -0.05) is 12.1 Å². The van der Waals surface area contributed by atoms with Crippen LogP contribution in [0.4, 0.5) is 4.39 Å². The second kappa shape index (κ2) is 7.61. The third kappa shape index (κ3) is 3.88. The van der Waals surface area contributed by atoms with Crippen LogP contribution in [0, 0.1) is 5.82 Å². The third-order valence-electron chi connectivity index (χ3n) is 4.74. The van der Waals surface area contributed by atoms with Gasteiger partial charge < -0.3 is 15.2 Å². The van der Waals surface area contributed by atoms with Crippen molar-refractivity contribution < 1.29 is 23.8 Å². The summed E-state index contributed by atoms with van der Waals surface area (Å²) in [6, 6.07) is 9.01. The molecule has 1 fully saturated rings. The summed E-state index contributed by atoms with van der Waals surface area (Å²) in [5, 5.41) is 11.9. The fourth-order valence-corrected chi connectivity index (χ4v) is 3.17. The number of aromatic carboxylic acids is 1. The zero-order valence-electron chi connectivity index (χ0n) is 14.1. The third-order valence-corrected chi connectivity index (χ3v) is 4.74. The van der Waals surface area contributed by atoms with Crippen LogP contribution in [0.1, 0.15) is 39.3 Å². The molecule has 0 aliphatic carbocycles. The van der Waals surface area contributed by atoms with E-state index in [1.54, 1.807) is 12.1 Å². The van der Waals surface area contributed by atoms with Gasteiger partial charge in [0.15, 0.2) is 0 Å². The Kier molecular flexibility index (Phi) is 5.27. The van der Waals surface area contributed by atoms with Crippen LogP contribution < -0.4 is 5.32 Å². The van der Waals surface area contributed by atoms with Crippen molar-refractivity contribution in [2.24, 2.45) is 0 Å². The van der Waals surface area contributed by atoms with E-state index >= 15 is 0 Å². The number of rotatable bonds is 5. The summed E-state index contributed by atoms with van der Waals surface area (Å²) in [5.41, 5.74) is 0.656. The summed E-state index contributed by atoms with van der Waals surface area (Å²) >= 11 is 0. The van der Waals surface area contributed by atoms with Crippen LogP contribution in [-0.2, 0) is 10.2 Å². The molecular weight excluding hydrogens is 339 g/mol. The van der Waals surface area contributed by atoms with Crippen molar-refractivity contribution in [2.75, 3.05) is 19.8 Å². The number of aromatic nitrogens is 1. The Morgan fingerprint density at radius 3 is 2.54 bits per heavy atom. The van der Waals surface area contributed by atoms with E-state index in [0.29, 0.717) is 32.6 Å². The van der Waals surface area contributed by atoms with Crippen molar-refractivity contribution in [3.63, 3.8) is 0 Å². The van der Waals surface area contributed by atoms with Crippen LogP contribution in [0.3, 0.4) is 0 Å². The van der Waals surface area contributed by atoms with Gasteiger partial charge in [0.2, 0.25) is 0 Å². The number of nitrogens with zero attached hydrogens (tertiary/aromatic N) is 1. The van der Waals surface area contributed by atoms with Gasteiger partial charge in [-0.15, -0.1) is 0 Å². The van der Waals surface area contributed by atoms with Gasteiger partial charge in [-0.2, -0.15) is 0 Å². The molecule has 2 N–H and O–H groups in total. The first kappa shape index (κ1) is 18.0. The lowest BCUT2D eigenvalue weighted by Gasteiger charge is -2.38. The quantitative estimate of drug-likeness (QED) is 0.857. The Morgan fingerprint density at radius 1 is 1.19 bits per heavy atom. The summed E-state index contributed by atoms with van der Waals surface area (Å²) in [6.07, 6.45) is 2.70. The Balaban J connectivity index is 1.78. The minimum atomic E-state index is -1.19. The fraction of sp³-hybridized carbons (Fsp3) is 0.316.